The van der Waals surface area contributed by atoms with E-state index in [0.29, 0.717) is 11.3 Å². The molecule has 0 bridgehead atoms. The minimum Gasteiger partial charge on any atom is -0.376 e. The highest BCUT2D eigenvalue weighted by molar-refractivity contribution is 7.95. The number of anilines is 2. The fourth-order valence-electron chi connectivity index (χ4n) is 2.32. The number of benzene rings is 2. The predicted octanol–water partition coefficient (Wildman–Crippen LogP) is 2.55. The van der Waals surface area contributed by atoms with Gasteiger partial charge in [-0.1, -0.05) is 18.2 Å². The molecule has 0 aromatic heterocycles. The molecule has 0 fully saturated rings. The molecule has 152 valence electrons. The van der Waals surface area contributed by atoms with Crippen molar-refractivity contribution < 1.29 is 21.2 Å². The Morgan fingerprint density at radius 3 is 2.07 bits per heavy atom. The lowest BCUT2D eigenvalue weighted by Crippen LogP contribution is -2.25. The van der Waals surface area contributed by atoms with Crippen molar-refractivity contribution >= 4 is 37.5 Å². The Kier molecular flexibility index (Phi) is 6.48. The van der Waals surface area contributed by atoms with Crippen LogP contribution in [0.15, 0.2) is 52.8 Å². The van der Waals surface area contributed by atoms with Crippen LogP contribution >= 0.6 is 0 Å². The lowest BCUT2D eigenvalue weighted by atomic mass is 10.2. The zero-order valence-corrected chi connectivity index (χ0v) is 17.6. The average molecular weight is 428 g/mol. The maximum atomic E-state index is 13.0. The first-order valence-corrected chi connectivity index (χ1v) is 11.1. The van der Waals surface area contributed by atoms with E-state index in [1.54, 1.807) is 25.1 Å². The summed E-state index contributed by atoms with van der Waals surface area (Å²) < 4.78 is 66.7. The van der Waals surface area contributed by atoms with Gasteiger partial charge >= 0.3 is 0 Å². The molecule has 2 rings (SSSR count). The minimum absolute atomic E-state index is 0.0510. The van der Waals surface area contributed by atoms with E-state index in [-0.39, 0.29) is 10.6 Å². The molecule has 0 amide bonds. The Bertz CT molecular complexity index is 1080. The van der Waals surface area contributed by atoms with E-state index in [2.05, 4.69) is 4.72 Å². The molecule has 2 aromatic rings. The summed E-state index contributed by atoms with van der Waals surface area (Å²) in [4.78, 5) is 1.44. The predicted molar refractivity (Wildman–Crippen MR) is 110 cm³/mol. The van der Waals surface area contributed by atoms with Gasteiger partial charge in [0.05, 0.1) is 16.8 Å². The molecule has 0 saturated heterocycles. The average Bonchev–Trinajstić information content (AvgIpc) is 2.60. The number of hydrogen-bond donors (Lipinski definition) is 1. The molecule has 7 nitrogen and oxygen atoms in total. The van der Waals surface area contributed by atoms with Gasteiger partial charge in [0.2, 0.25) is 10.0 Å². The lowest BCUT2D eigenvalue weighted by molar-refractivity contribution is 0.521. The third kappa shape index (κ3) is 5.09. The van der Waals surface area contributed by atoms with Crippen molar-refractivity contribution in [1.29, 1.82) is 0 Å². The van der Waals surface area contributed by atoms with Gasteiger partial charge in [-0.2, -0.15) is 0 Å². The standard InChI is InChI=1S/C18H22FN3O4S2/c1-21(2)16-6-5-7-17(28(25,26)22(3)4)18(16)20-27(23,24)13-12-14-8-10-15(19)11-9-14/h5-13,20H,1-4H3/b13-12+. The van der Waals surface area contributed by atoms with Gasteiger partial charge in [-0.3, -0.25) is 4.72 Å². The van der Waals surface area contributed by atoms with Crippen LogP contribution in [0.5, 0.6) is 0 Å². The number of rotatable bonds is 7. The first-order chi connectivity index (χ1) is 12.9. The normalized spacial score (nSPS) is 12.5. The molecule has 0 heterocycles. The SMILES string of the molecule is CN(C)c1cccc(S(=O)(=O)N(C)C)c1NS(=O)(=O)/C=C/c1ccc(F)cc1. The summed E-state index contributed by atoms with van der Waals surface area (Å²) in [7, 11) is -1.86. The molecule has 28 heavy (non-hydrogen) atoms. The maximum absolute atomic E-state index is 13.0. The summed E-state index contributed by atoms with van der Waals surface area (Å²) in [6.07, 6.45) is 1.29. The summed E-state index contributed by atoms with van der Waals surface area (Å²) >= 11 is 0. The van der Waals surface area contributed by atoms with Crippen LogP contribution in [0.2, 0.25) is 0 Å². The van der Waals surface area contributed by atoms with Crippen LogP contribution in [0.1, 0.15) is 5.56 Å². The first kappa shape index (κ1) is 21.9. The van der Waals surface area contributed by atoms with Gasteiger partial charge in [0.1, 0.15) is 10.7 Å². The summed E-state index contributed by atoms with van der Waals surface area (Å²) in [5.74, 6) is -0.434. The van der Waals surface area contributed by atoms with E-state index in [4.69, 9.17) is 0 Å². The summed E-state index contributed by atoms with van der Waals surface area (Å²) in [6.45, 7) is 0. The van der Waals surface area contributed by atoms with Gasteiger partial charge in [0.15, 0.2) is 0 Å². The quantitative estimate of drug-likeness (QED) is 0.734. The minimum atomic E-state index is -4.04. The number of sulfonamides is 2. The third-order valence-electron chi connectivity index (χ3n) is 3.80. The summed E-state index contributed by atoms with van der Waals surface area (Å²) in [5.41, 5.74) is 0.820. The molecule has 10 heteroatoms. The highest BCUT2D eigenvalue weighted by atomic mass is 32.2. The van der Waals surface area contributed by atoms with Crippen LogP contribution in [0.3, 0.4) is 0 Å². The Morgan fingerprint density at radius 1 is 0.929 bits per heavy atom. The first-order valence-electron chi connectivity index (χ1n) is 8.13. The Balaban J connectivity index is 2.50. The summed E-state index contributed by atoms with van der Waals surface area (Å²) in [5, 5.41) is 0.902. The highest BCUT2D eigenvalue weighted by Gasteiger charge is 2.26. The van der Waals surface area contributed by atoms with E-state index >= 15 is 0 Å². The third-order valence-corrected chi connectivity index (χ3v) is 6.64. The molecule has 0 aliphatic carbocycles. The zero-order valence-electron chi connectivity index (χ0n) is 15.9. The second kappa shape index (κ2) is 8.29. The highest BCUT2D eigenvalue weighted by Crippen LogP contribution is 2.33. The second-order valence-corrected chi connectivity index (χ2v) is 10.0. The molecule has 0 saturated carbocycles. The molecule has 0 spiro atoms. The largest absolute Gasteiger partial charge is 0.376 e. The van der Waals surface area contributed by atoms with Crippen molar-refractivity contribution in [3.05, 3.63) is 59.3 Å². The molecule has 0 atom stereocenters. The number of hydrogen-bond acceptors (Lipinski definition) is 5. The van der Waals surface area contributed by atoms with E-state index in [9.17, 15) is 21.2 Å². The van der Waals surface area contributed by atoms with Crippen LogP contribution < -0.4 is 9.62 Å². The van der Waals surface area contributed by atoms with E-state index in [0.717, 1.165) is 9.71 Å². The Morgan fingerprint density at radius 2 is 1.54 bits per heavy atom. The molecule has 2 aromatic carbocycles. The van der Waals surface area contributed by atoms with Crippen molar-refractivity contribution in [2.45, 2.75) is 4.90 Å². The van der Waals surface area contributed by atoms with Gasteiger partial charge in [0.25, 0.3) is 10.0 Å². The fraction of sp³-hybridized carbons (Fsp3) is 0.222. The van der Waals surface area contributed by atoms with Gasteiger partial charge in [-0.15, -0.1) is 0 Å². The molecule has 0 unspecified atom stereocenters. The van der Waals surface area contributed by atoms with Gasteiger partial charge in [-0.25, -0.2) is 25.5 Å². The van der Waals surface area contributed by atoms with Crippen LogP contribution in [0.4, 0.5) is 15.8 Å². The van der Waals surface area contributed by atoms with Crippen LogP contribution in [0, 0.1) is 5.82 Å². The fourth-order valence-corrected chi connectivity index (χ4v) is 4.35. The molecule has 0 aliphatic heterocycles. The monoisotopic (exact) mass is 427 g/mol. The van der Waals surface area contributed by atoms with E-state index < -0.39 is 25.9 Å². The molecule has 1 N–H and O–H groups in total. The Hall–Kier alpha value is -2.43. The van der Waals surface area contributed by atoms with Gasteiger partial charge < -0.3 is 4.90 Å². The zero-order chi connectivity index (χ0) is 21.1. The topological polar surface area (TPSA) is 86.8 Å². The van der Waals surface area contributed by atoms with Crippen molar-refractivity contribution in [3.8, 4) is 0 Å². The Labute approximate surface area is 165 Å². The van der Waals surface area contributed by atoms with Crippen LogP contribution in [-0.4, -0.2) is 49.3 Å². The maximum Gasteiger partial charge on any atom is 0.255 e. The number of halogens is 1. The number of nitrogens with zero attached hydrogens (tertiary/aromatic N) is 2. The van der Waals surface area contributed by atoms with E-state index in [1.807, 2.05) is 0 Å². The number of para-hydroxylation sites is 1. The smallest absolute Gasteiger partial charge is 0.255 e. The number of nitrogens with one attached hydrogen (secondary N) is 1. The second-order valence-electron chi connectivity index (χ2n) is 6.33. The van der Waals surface area contributed by atoms with Gasteiger partial charge in [0, 0.05) is 28.2 Å². The van der Waals surface area contributed by atoms with Gasteiger partial charge in [-0.05, 0) is 35.9 Å². The van der Waals surface area contributed by atoms with Crippen molar-refractivity contribution in [2.75, 3.05) is 37.8 Å². The molecular formula is C18H22FN3O4S2. The van der Waals surface area contributed by atoms with E-state index in [1.165, 1.54) is 56.6 Å². The molecule has 0 aliphatic rings. The van der Waals surface area contributed by atoms with Crippen molar-refractivity contribution in [2.24, 2.45) is 0 Å². The summed E-state index contributed by atoms with van der Waals surface area (Å²) in [6, 6.07) is 9.76. The van der Waals surface area contributed by atoms with Crippen molar-refractivity contribution in [3.63, 3.8) is 0 Å². The lowest BCUT2D eigenvalue weighted by Gasteiger charge is -2.22. The molecular weight excluding hydrogens is 405 g/mol. The van der Waals surface area contributed by atoms with Crippen LogP contribution in [0.25, 0.3) is 6.08 Å². The molecule has 0 radical (unpaired) electrons. The van der Waals surface area contributed by atoms with Crippen molar-refractivity contribution in [1.82, 2.24) is 4.31 Å². The van der Waals surface area contributed by atoms with Crippen LogP contribution in [-0.2, 0) is 20.0 Å².